The number of amidine groups is 1. The van der Waals surface area contributed by atoms with Crippen LogP contribution in [0.4, 0.5) is 0 Å². The normalized spacial score (nSPS) is 12.8. The topological polar surface area (TPSA) is 85.9 Å². The van der Waals surface area contributed by atoms with Crippen LogP contribution in [0, 0.1) is 5.92 Å². The molecule has 6 heteroatoms. The molecule has 0 aliphatic rings. The fraction of sp³-hybridized carbons (Fsp3) is 0.529. The van der Waals surface area contributed by atoms with E-state index in [-0.39, 0.29) is 18.6 Å². The zero-order valence-corrected chi connectivity index (χ0v) is 14.3. The van der Waals surface area contributed by atoms with Gasteiger partial charge in [-0.3, -0.25) is 4.79 Å². The Labute approximate surface area is 138 Å². The number of nitrogens with one attached hydrogen (secondary N) is 1. The molecule has 1 amide bonds. The summed E-state index contributed by atoms with van der Waals surface area (Å²) in [6, 6.07) is 7.36. The van der Waals surface area contributed by atoms with E-state index in [0.717, 1.165) is 17.7 Å². The van der Waals surface area contributed by atoms with Crippen molar-refractivity contribution >= 4 is 11.7 Å². The average molecular weight is 321 g/mol. The number of oxime groups is 1. The number of para-hydroxylation sites is 1. The minimum atomic E-state index is -0.260. The summed E-state index contributed by atoms with van der Waals surface area (Å²) in [5, 5.41) is 6.60. The van der Waals surface area contributed by atoms with Crippen molar-refractivity contribution in [3.8, 4) is 5.75 Å². The van der Waals surface area contributed by atoms with Gasteiger partial charge in [-0.15, -0.1) is 0 Å². The molecule has 1 rings (SSSR count). The molecular weight excluding hydrogens is 294 g/mol. The molecule has 128 valence electrons. The number of benzene rings is 1. The number of carbonyl (C=O) groups is 1. The van der Waals surface area contributed by atoms with Gasteiger partial charge in [0.1, 0.15) is 11.6 Å². The second-order valence-corrected chi connectivity index (χ2v) is 5.82. The highest BCUT2D eigenvalue weighted by Crippen LogP contribution is 2.24. The van der Waals surface area contributed by atoms with Gasteiger partial charge in [-0.2, -0.15) is 0 Å². The van der Waals surface area contributed by atoms with E-state index in [4.69, 9.17) is 15.3 Å². The molecule has 0 heterocycles. The number of hydrogen-bond donors (Lipinski definition) is 2. The molecule has 0 fully saturated rings. The first kappa shape index (κ1) is 18.8. The molecule has 0 aliphatic heterocycles. The molecule has 0 radical (unpaired) electrons. The van der Waals surface area contributed by atoms with Crippen LogP contribution in [-0.4, -0.2) is 25.5 Å². The van der Waals surface area contributed by atoms with Gasteiger partial charge in [0, 0.05) is 12.0 Å². The fourth-order valence-electron chi connectivity index (χ4n) is 2.04. The van der Waals surface area contributed by atoms with Crippen LogP contribution in [0.1, 0.15) is 45.2 Å². The standard InChI is InChI=1S/C17H27N3O3/c1-12(2)9-10-16(18)20-23-11-17(21)19-13(3)14-7-5-6-8-15(14)22-4/h5-8,12-13H,9-11H2,1-4H3,(H2,18,20)(H,19,21). The zero-order valence-electron chi connectivity index (χ0n) is 14.3. The SMILES string of the molecule is COc1ccccc1C(C)NC(=O)CO/N=C(\N)CCC(C)C. The van der Waals surface area contributed by atoms with Crippen molar-refractivity contribution in [2.24, 2.45) is 16.8 Å². The van der Waals surface area contributed by atoms with E-state index in [1.54, 1.807) is 7.11 Å². The molecular formula is C17H27N3O3. The summed E-state index contributed by atoms with van der Waals surface area (Å²) in [6.07, 6.45) is 1.60. The number of nitrogens with zero attached hydrogens (tertiary/aromatic N) is 1. The van der Waals surface area contributed by atoms with Crippen molar-refractivity contribution in [3.63, 3.8) is 0 Å². The third-order valence-corrected chi connectivity index (χ3v) is 3.34. The van der Waals surface area contributed by atoms with E-state index in [1.807, 2.05) is 31.2 Å². The minimum absolute atomic E-state index is 0.165. The van der Waals surface area contributed by atoms with Crippen LogP contribution in [0.25, 0.3) is 0 Å². The van der Waals surface area contributed by atoms with E-state index < -0.39 is 0 Å². The van der Waals surface area contributed by atoms with Crippen LogP contribution in [0.5, 0.6) is 5.75 Å². The van der Waals surface area contributed by atoms with Crippen LogP contribution >= 0.6 is 0 Å². The molecule has 3 N–H and O–H groups in total. The molecule has 0 aromatic heterocycles. The molecule has 1 aromatic rings. The first-order valence-electron chi connectivity index (χ1n) is 7.80. The third-order valence-electron chi connectivity index (χ3n) is 3.34. The van der Waals surface area contributed by atoms with Crippen LogP contribution in [-0.2, 0) is 9.63 Å². The number of rotatable bonds is 9. The van der Waals surface area contributed by atoms with Crippen molar-refractivity contribution < 1.29 is 14.4 Å². The van der Waals surface area contributed by atoms with Crippen molar-refractivity contribution in [1.29, 1.82) is 0 Å². The summed E-state index contributed by atoms with van der Waals surface area (Å²) in [5.41, 5.74) is 6.62. The van der Waals surface area contributed by atoms with E-state index in [2.05, 4.69) is 24.3 Å². The van der Waals surface area contributed by atoms with Crippen LogP contribution in [0.15, 0.2) is 29.4 Å². The first-order valence-corrected chi connectivity index (χ1v) is 7.80. The number of amides is 1. The molecule has 0 spiro atoms. The molecule has 0 saturated carbocycles. The van der Waals surface area contributed by atoms with Gasteiger partial charge in [-0.05, 0) is 25.3 Å². The monoisotopic (exact) mass is 321 g/mol. The van der Waals surface area contributed by atoms with Gasteiger partial charge in [-0.1, -0.05) is 37.2 Å². The van der Waals surface area contributed by atoms with Crippen LogP contribution in [0.2, 0.25) is 0 Å². The summed E-state index contributed by atoms with van der Waals surface area (Å²) in [4.78, 5) is 16.9. The molecule has 1 atom stereocenters. The smallest absolute Gasteiger partial charge is 0.261 e. The summed E-state index contributed by atoms with van der Waals surface area (Å²) in [6.45, 7) is 5.94. The Morgan fingerprint density at radius 2 is 2.00 bits per heavy atom. The van der Waals surface area contributed by atoms with Crippen LogP contribution < -0.4 is 15.8 Å². The summed E-state index contributed by atoms with van der Waals surface area (Å²) in [7, 11) is 1.60. The Bertz CT molecular complexity index is 530. The van der Waals surface area contributed by atoms with Gasteiger partial charge >= 0.3 is 0 Å². The second-order valence-electron chi connectivity index (χ2n) is 5.82. The predicted molar refractivity (Wildman–Crippen MR) is 91.2 cm³/mol. The summed E-state index contributed by atoms with van der Waals surface area (Å²) < 4.78 is 5.29. The Hall–Kier alpha value is -2.24. The number of hydrogen-bond acceptors (Lipinski definition) is 4. The first-order chi connectivity index (χ1) is 10.9. The highest BCUT2D eigenvalue weighted by atomic mass is 16.6. The summed E-state index contributed by atoms with van der Waals surface area (Å²) in [5.74, 6) is 1.43. The lowest BCUT2D eigenvalue weighted by Gasteiger charge is -2.16. The Kier molecular flexibility index (Phi) is 7.94. The summed E-state index contributed by atoms with van der Waals surface area (Å²) >= 11 is 0. The largest absolute Gasteiger partial charge is 0.496 e. The van der Waals surface area contributed by atoms with E-state index >= 15 is 0 Å². The van der Waals surface area contributed by atoms with Gasteiger partial charge in [0.05, 0.1) is 13.2 Å². The van der Waals surface area contributed by atoms with Gasteiger partial charge in [0.25, 0.3) is 5.91 Å². The number of ether oxygens (including phenoxy) is 1. The number of carbonyl (C=O) groups excluding carboxylic acids is 1. The van der Waals surface area contributed by atoms with Crippen LogP contribution in [0.3, 0.4) is 0 Å². The highest BCUT2D eigenvalue weighted by Gasteiger charge is 2.13. The average Bonchev–Trinajstić information content (AvgIpc) is 2.52. The van der Waals surface area contributed by atoms with E-state index in [0.29, 0.717) is 18.2 Å². The van der Waals surface area contributed by atoms with E-state index in [1.165, 1.54) is 0 Å². The molecule has 1 unspecified atom stereocenters. The Morgan fingerprint density at radius 1 is 1.30 bits per heavy atom. The van der Waals surface area contributed by atoms with Crippen molar-refractivity contribution in [2.75, 3.05) is 13.7 Å². The molecule has 0 bridgehead atoms. The molecule has 6 nitrogen and oxygen atoms in total. The maximum Gasteiger partial charge on any atom is 0.261 e. The number of methoxy groups -OCH3 is 1. The molecule has 23 heavy (non-hydrogen) atoms. The second kappa shape index (κ2) is 9.71. The molecule has 0 aliphatic carbocycles. The maximum absolute atomic E-state index is 11.9. The Balaban J connectivity index is 2.43. The van der Waals surface area contributed by atoms with Crippen molar-refractivity contribution in [2.45, 2.75) is 39.7 Å². The van der Waals surface area contributed by atoms with Crippen molar-refractivity contribution in [3.05, 3.63) is 29.8 Å². The molecule has 1 aromatic carbocycles. The lowest BCUT2D eigenvalue weighted by atomic mass is 10.1. The Morgan fingerprint density at radius 3 is 2.65 bits per heavy atom. The van der Waals surface area contributed by atoms with Gasteiger partial charge in [0.15, 0.2) is 6.61 Å². The lowest BCUT2D eigenvalue weighted by Crippen LogP contribution is -2.30. The van der Waals surface area contributed by atoms with Crippen molar-refractivity contribution in [1.82, 2.24) is 5.32 Å². The maximum atomic E-state index is 11.9. The number of nitrogens with two attached hydrogens (primary N) is 1. The van der Waals surface area contributed by atoms with Gasteiger partial charge < -0.3 is 20.6 Å². The third kappa shape index (κ3) is 7.04. The fourth-order valence-corrected chi connectivity index (χ4v) is 2.04. The molecule has 0 saturated heterocycles. The zero-order chi connectivity index (χ0) is 17.2. The van der Waals surface area contributed by atoms with Gasteiger partial charge in [-0.25, -0.2) is 0 Å². The lowest BCUT2D eigenvalue weighted by molar-refractivity contribution is -0.126. The quantitative estimate of drug-likeness (QED) is 0.416. The van der Waals surface area contributed by atoms with Gasteiger partial charge in [0.2, 0.25) is 0 Å². The predicted octanol–water partition coefficient (Wildman–Crippen LogP) is 2.60. The minimum Gasteiger partial charge on any atom is -0.496 e. The van der Waals surface area contributed by atoms with E-state index in [9.17, 15) is 4.79 Å². The highest BCUT2D eigenvalue weighted by molar-refractivity contribution is 5.80.